The fourth-order valence-electron chi connectivity index (χ4n) is 2.95. The Hall–Kier alpha value is -0.530. The molecule has 0 bridgehead atoms. The smallest absolute Gasteiger partial charge is 0.302 e. The van der Waals surface area contributed by atoms with Crippen LogP contribution in [0.1, 0.15) is 47.5 Å². The van der Waals surface area contributed by atoms with Crippen molar-refractivity contribution in [2.45, 2.75) is 53.6 Å². The molecule has 2 nitrogen and oxygen atoms in total. The van der Waals surface area contributed by atoms with Crippen molar-refractivity contribution in [1.82, 2.24) is 0 Å². The highest BCUT2D eigenvalue weighted by molar-refractivity contribution is 5.66. The maximum absolute atomic E-state index is 11.0. The van der Waals surface area contributed by atoms with E-state index in [9.17, 15) is 4.79 Å². The highest BCUT2D eigenvalue weighted by atomic mass is 16.5. The lowest BCUT2D eigenvalue weighted by atomic mass is 9.69. The Bertz CT molecular complexity index is 223. The minimum atomic E-state index is -0.135. The molecule has 0 aromatic heterocycles. The summed E-state index contributed by atoms with van der Waals surface area (Å²) in [5, 5.41) is 0. The summed E-state index contributed by atoms with van der Waals surface area (Å²) in [6.45, 7) is 10.6. The molecule has 0 aliphatic heterocycles. The monoisotopic (exact) mass is 212 g/mol. The van der Waals surface area contributed by atoms with Gasteiger partial charge in [-0.1, -0.05) is 27.7 Å². The first-order valence-electron chi connectivity index (χ1n) is 6.09. The molecule has 2 heteroatoms. The Labute approximate surface area is 93.4 Å². The van der Waals surface area contributed by atoms with Gasteiger partial charge in [-0.05, 0) is 36.5 Å². The molecule has 1 aliphatic carbocycles. The van der Waals surface area contributed by atoms with Crippen LogP contribution in [0.15, 0.2) is 0 Å². The topological polar surface area (TPSA) is 26.3 Å². The molecule has 0 aromatic carbocycles. The second-order valence-electron chi connectivity index (χ2n) is 5.48. The number of ether oxygens (including phenoxy) is 1. The van der Waals surface area contributed by atoms with Crippen LogP contribution < -0.4 is 0 Å². The molecule has 4 atom stereocenters. The van der Waals surface area contributed by atoms with Gasteiger partial charge >= 0.3 is 5.97 Å². The molecule has 0 amide bonds. The molecule has 88 valence electrons. The Morgan fingerprint density at radius 3 is 2.27 bits per heavy atom. The van der Waals surface area contributed by atoms with Crippen molar-refractivity contribution in [3.05, 3.63) is 0 Å². The standard InChI is InChI=1S/C13H24O2/c1-8(2)12-7-13(15-11(5)14)10(4)6-9(12)3/h8-10,12-13H,6-7H2,1-5H3. The third-order valence-electron chi connectivity index (χ3n) is 3.79. The van der Waals surface area contributed by atoms with Gasteiger partial charge < -0.3 is 4.74 Å². The van der Waals surface area contributed by atoms with Gasteiger partial charge in [0.25, 0.3) is 0 Å². The van der Waals surface area contributed by atoms with E-state index in [0.717, 1.165) is 12.3 Å². The number of esters is 1. The molecule has 0 heterocycles. The van der Waals surface area contributed by atoms with E-state index in [1.54, 1.807) is 0 Å². The second-order valence-corrected chi connectivity index (χ2v) is 5.48. The average Bonchev–Trinajstić information content (AvgIpc) is 2.08. The van der Waals surface area contributed by atoms with Crippen molar-refractivity contribution in [1.29, 1.82) is 0 Å². The van der Waals surface area contributed by atoms with Gasteiger partial charge in [0.2, 0.25) is 0 Å². The van der Waals surface area contributed by atoms with Gasteiger partial charge in [0, 0.05) is 6.92 Å². The van der Waals surface area contributed by atoms with E-state index >= 15 is 0 Å². The zero-order valence-corrected chi connectivity index (χ0v) is 10.6. The van der Waals surface area contributed by atoms with Crippen LogP contribution in [0.25, 0.3) is 0 Å². The second kappa shape index (κ2) is 5.00. The maximum Gasteiger partial charge on any atom is 0.302 e. The average molecular weight is 212 g/mol. The van der Waals surface area contributed by atoms with Crippen LogP contribution in [0.5, 0.6) is 0 Å². The summed E-state index contributed by atoms with van der Waals surface area (Å²) in [4.78, 5) is 11.0. The predicted molar refractivity (Wildman–Crippen MR) is 61.4 cm³/mol. The van der Waals surface area contributed by atoms with Gasteiger partial charge in [0.15, 0.2) is 0 Å². The molecule has 4 unspecified atom stereocenters. The maximum atomic E-state index is 11.0. The molecule has 0 aromatic rings. The molecule has 1 fully saturated rings. The molecule has 0 saturated heterocycles. The van der Waals surface area contributed by atoms with Crippen molar-refractivity contribution in [3.8, 4) is 0 Å². The molecule has 1 saturated carbocycles. The first-order valence-corrected chi connectivity index (χ1v) is 6.09. The van der Waals surface area contributed by atoms with Crippen LogP contribution in [-0.4, -0.2) is 12.1 Å². The number of hydrogen-bond donors (Lipinski definition) is 0. The fraction of sp³-hybridized carbons (Fsp3) is 0.923. The highest BCUT2D eigenvalue weighted by Gasteiger charge is 2.35. The number of rotatable bonds is 2. The minimum absolute atomic E-state index is 0.135. The van der Waals surface area contributed by atoms with Crippen molar-refractivity contribution < 1.29 is 9.53 Å². The summed E-state index contributed by atoms with van der Waals surface area (Å²) < 4.78 is 5.39. The van der Waals surface area contributed by atoms with Gasteiger partial charge in [-0.2, -0.15) is 0 Å². The van der Waals surface area contributed by atoms with E-state index < -0.39 is 0 Å². The zero-order chi connectivity index (χ0) is 11.6. The van der Waals surface area contributed by atoms with Crippen LogP contribution in [0.2, 0.25) is 0 Å². The lowest BCUT2D eigenvalue weighted by molar-refractivity contribution is -0.153. The summed E-state index contributed by atoms with van der Waals surface area (Å²) in [6.07, 6.45) is 2.37. The molecular weight excluding hydrogens is 188 g/mol. The summed E-state index contributed by atoms with van der Waals surface area (Å²) >= 11 is 0. The first-order chi connectivity index (χ1) is 6.91. The fourth-order valence-corrected chi connectivity index (χ4v) is 2.95. The van der Waals surface area contributed by atoms with E-state index in [-0.39, 0.29) is 12.1 Å². The molecule has 1 aliphatic rings. The lowest BCUT2D eigenvalue weighted by Crippen LogP contribution is -2.37. The molecular formula is C13H24O2. The van der Waals surface area contributed by atoms with Gasteiger partial charge in [-0.15, -0.1) is 0 Å². The lowest BCUT2D eigenvalue weighted by Gasteiger charge is -2.40. The normalized spacial score (nSPS) is 36.7. The van der Waals surface area contributed by atoms with Crippen LogP contribution in [-0.2, 0) is 9.53 Å². The summed E-state index contributed by atoms with van der Waals surface area (Å²) in [6, 6.07) is 0. The third-order valence-corrected chi connectivity index (χ3v) is 3.79. The Morgan fingerprint density at radius 2 is 1.80 bits per heavy atom. The molecule has 15 heavy (non-hydrogen) atoms. The van der Waals surface area contributed by atoms with E-state index in [0.29, 0.717) is 17.8 Å². The number of carbonyl (C=O) groups excluding carboxylic acids is 1. The highest BCUT2D eigenvalue weighted by Crippen LogP contribution is 2.39. The SMILES string of the molecule is CC(=O)OC1CC(C(C)C)C(C)CC1C. The van der Waals surface area contributed by atoms with Crippen LogP contribution >= 0.6 is 0 Å². The third kappa shape index (κ3) is 3.22. The quantitative estimate of drug-likeness (QED) is 0.657. The Morgan fingerprint density at radius 1 is 1.20 bits per heavy atom. The van der Waals surface area contributed by atoms with Crippen LogP contribution in [0, 0.1) is 23.7 Å². The van der Waals surface area contributed by atoms with Gasteiger partial charge in [-0.3, -0.25) is 4.79 Å². The van der Waals surface area contributed by atoms with Crippen LogP contribution in [0.3, 0.4) is 0 Å². The van der Waals surface area contributed by atoms with E-state index in [1.165, 1.54) is 13.3 Å². The van der Waals surface area contributed by atoms with Gasteiger partial charge in [-0.25, -0.2) is 0 Å². The summed E-state index contributed by atoms with van der Waals surface area (Å²) in [5.41, 5.74) is 0. The van der Waals surface area contributed by atoms with E-state index in [4.69, 9.17) is 4.74 Å². The van der Waals surface area contributed by atoms with Crippen LogP contribution in [0.4, 0.5) is 0 Å². The number of hydrogen-bond acceptors (Lipinski definition) is 2. The molecule has 0 radical (unpaired) electrons. The summed E-state index contributed by atoms with van der Waals surface area (Å²) in [5.74, 6) is 2.52. The van der Waals surface area contributed by atoms with E-state index in [1.807, 2.05) is 0 Å². The molecule has 0 N–H and O–H groups in total. The van der Waals surface area contributed by atoms with Crippen molar-refractivity contribution in [2.75, 3.05) is 0 Å². The van der Waals surface area contributed by atoms with Crippen molar-refractivity contribution in [2.24, 2.45) is 23.7 Å². The molecule has 0 spiro atoms. The zero-order valence-electron chi connectivity index (χ0n) is 10.6. The van der Waals surface area contributed by atoms with Gasteiger partial charge in [0.1, 0.15) is 6.10 Å². The molecule has 1 rings (SSSR count). The van der Waals surface area contributed by atoms with Crippen molar-refractivity contribution in [3.63, 3.8) is 0 Å². The van der Waals surface area contributed by atoms with Gasteiger partial charge in [0.05, 0.1) is 0 Å². The number of carbonyl (C=O) groups is 1. The Balaban J connectivity index is 2.62. The summed E-state index contributed by atoms with van der Waals surface area (Å²) in [7, 11) is 0. The van der Waals surface area contributed by atoms with Crippen molar-refractivity contribution >= 4 is 5.97 Å². The predicted octanol–water partition coefficient (Wildman–Crippen LogP) is 3.26. The van der Waals surface area contributed by atoms with E-state index in [2.05, 4.69) is 27.7 Å². The Kier molecular flexibility index (Phi) is 4.18. The minimum Gasteiger partial charge on any atom is -0.462 e. The largest absolute Gasteiger partial charge is 0.462 e. The first kappa shape index (κ1) is 12.5.